The molecule has 1 heterocycles. The molecule has 1 aromatic heterocycles. The number of aldehydes is 1. The van der Waals surface area contributed by atoms with E-state index < -0.39 is 6.09 Å². The van der Waals surface area contributed by atoms with Gasteiger partial charge in [-0.1, -0.05) is 5.21 Å². The molecule has 0 bridgehead atoms. The molecular weight excluding hydrogens is 224 g/mol. The third-order valence-electron chi connectivity index (χ3n) is 3.05. The highest BCUT2D eigenvalue weighted by molar-refractivity contribution is 5.70. The zero-order chi connectivity index (χ0) is 12.3. The van der Waals surface area contributed by atoms with Crippen LogP contribution in [0.4, 0.5) is 4.79 Å². The van der Waals surface area contributed by atoms with Crippen molar-refractivity contribution in [2.75, 3.05) is 0 Å². The van der Waals surface area contributed by atoms with E-state index >= 15 is 0 Å². The summed E-state index contributed by atoms with van der Waals surface area (Å²) in [4.78, 5) is 21.0. The Kier molecular flexibility index (Phi) is 3.36. The van der Waals surface area contributed by atoms with Crippen LogP contribution in [0, 0.1) is 0 Å². The Morgan fingerprint density at radius 1 is 1.47 bits per heavy atom. The second-order valence-electron chi connectivity index (χ2n) is 4.20. The van der Waals surface area contributed by atoms with E-state index in [-0.39, 0.29) is 12.1 Å². The van der Waals surface area contributed by atoms with Gasteiger partial charge in [0, 0.05) is 6.04 Å². The van der Waals surface area contributed by atoms with Gasteiger partial charge >= 0.3 is 6.09 Å². The highest BCUT2D eigenvalue weighted by atomic mass is 16.4. The van der Waals surface area contributed by atoms with Crippen molar-refractivity contribution in [3.63, 3.8) is 0 Å². The van der Waals surface area contributed by atoms with E-state index in [9.17, 15) is 9.59 Å². The van der Waals surface area contributed by atoms with Crippen molar-refractivity contribution in [3.8, 4) is 0 Å². The molecule has 1 saturated carbocycles. The van der Waals surface area contributed by atoms with Gasteiger partial charge in [-0.25, -0.2) is 9.48 Å². The molecule has 7 heteroatoms. The summed E-state index contributed by atoms with van der Waals surface area (Å²) in [6.07, 6.45) is 4.57. The summed E-state index contributed by atoms with van der Waals surface area (Å²) in [6, 6.07) is 0.237. The fourth-order valence-electron chi connectivity index (χ4n) is 2.18. The summed E-state index contributed by atoms with van der Waals surface area (Å²) in [5.74, 6) is 0. The molecule has 0 saturated heterocycles. The van der Waals surface area contributed by atoms with Crippen LogP contribution in [0.3, 0.4) is 0 Å². The number of hydrogen-bond acceptors (Lipinski definition) is 4. The minimum absolute atomic E-state index is 0.0258. The van der Waals surface area contributed by atoms with E-state index in [1.807, 2.05) is 0 Å². The maximum absolute atomic E-state index is 10.5. The van der Waals surface area contributed by atoms with Gasteiger partial charge in [-0.3, -0.25) is 4.79 Å². The standard InChI is InChI=1S/C10H14N4O3/c15-6-8-5-14(13-12-8)9-3-1-7(2-4-9)11-10(16)17/h5-7,9,11H,1-4H2,(H,16,17)/t7-,9-. The predicted molar refractivity (Wildman–Crippen MR) is 57.9 cm³/mol. The van der Waals surface area contributed by atoms with Gasteiger partial charge in [0.15, 0.2) is 6.29 Å². The van der Waals surface area contributed by atoms with Gasteiger partial charge in [0.1, 0.15) is 5.69 Å². The van der Waals surface area contributed by atoms with Gasteiger partial charge in [-0.2, -0.15) is 0 Å². The molecule has 0 atom stereocenters. The number of carbonyl (C=O) groups excluding carboxylic acids is 1. The number of nitrogens with zero attached hydrogens (tertiary/aromatic N) is 3. The van der Waals surface area contributed by atoms with Crippen LogP contribution in [-0.4, -0.2) is 38.5 Å². The number of aromatic nitrogens is 3. The molecule has 0 aromatic carbocycles. The van der Waals surface area contributed by atoms with Crippen molar-refractivity contribution in [1.82, 2.24) is 20.3 Å². The summed E-state index contributed by atoms with van der Waals surface area (Å²) in [5, 5.41) is 18.7. The topological polar surface area (TPSA) is 97.1 Å². The Morgan fingerprint density at radius 3 is 2.71 bits per heavy atom. The van der Waals surface area contributed by atoms with Crippen molar-refractivity contribution >= 4 is 12.4 Å². The van der Waals surface area contributed by atoms with Crippen LogP contribution in [0.2, 0.25) is 0 Å². The number of nitrogens with one attached hydrogen (secondary N) is 1. The lowest BCUT2D eigenvalue weighted by Crippen LogP contribution is -2.37. The van der Waals surface area contributed by atoms with Crippen molar-refractivity contribution < 1.29 is 14.7 Å². The predicted octanol–water partition coefficient (Wildman–Crippen LogP) is 0.842. The minimum Gasteiger partial charge on any atom is -0.465 e. The van der Waals surface area contributed by atoms with Crippen molar-refractivity contribution in [2.24, 2.45) is 0 Å². The molecule has 1 aliphatic carbocycles. The van der Waals surface area contributed by atoms with Gasteiger partial charge in [-0.15, -0.1) is 5.10 Å². The Morgan fingerprint density at radius 2 is 2.18 bits per heavy atom. The molecule has 1 aromatic rings. The molecule has 7 nitrogen and oxygen atoms in total. The van der Waals surface area contributed by atoms with Gasteiger partial charge in [0.25, 0.3) is 0 Å². The number of carbonyl (C=O) groups is 2. The highest BCUT2D eigenvalue weighted by Crippen LogP contribution is 2.27. The van der Waals surface area contributed by atoms with E-state index in [1.165, 1.54) is 0 Å². The number of carboxylic acid groups (broad SMARTS) is 1. The monoisotopic (exact) mass is 238 g/mol. The van der Waals surface area contributed by atoms with E-state index in [1.54, 1.807) is 10.9 Å². The summed E-state index contributed by atoms with van der Waals surface area (Å²) >= 11 is 0. The van der Waals surface area contributed by atoms with E-state index in [4.69, 9.17) is 5.11 Å². The van der Waals surface area contributed by atoms with Crippen LogP contribution < -0.4 is 5.32 Å². The number of rotatable bonds is 3. The Hall–Kier alpha value is -1.92. The first-order valence-corrected chi connectivity index (χ1v) is 5.55. The second kappa shape index (κ2) is 4.94. The van der Waals surface area contributed by atoms with Crippen LogP contribution >= 0.6 is 0 Å². The fourth-order valence-corrected chi connectivity index (χ4v) is 2.18. The quantitative estimate of drug-likeness (QED) is 0.760. The molecule has 0 spiro atoms. The lowest BCUT2D eigenvalue weighted by Gasteiger charge is -2.27. The maximum Gasteiger partial charge on any atom is 0.404 e. The molecule has 0 radical (unpaired) electrons. The SMILES string of the molecule is O=Cc1cn([C@H]2CC[C@H](NC(=O)O)CC2)nn1. The number of hydrogen-bond donors (Lipinski definition) is 2. The molecule has 2 rings (SSSR count). The average molecular weight is 238 g/mol. The van der Waals surface area contributed by atoms with Gasteiger partial charge in [0.05, 0.1) is 12.2 Å². The Labute approximate surface area is 97.8 Å². The van der Waals surface area contributed by atoms with Gasteiger partial charge in [-0.05, 0) is 25.7 Å². The zero-order valence-electron chi connectivity index (χ0n) is 9.24. The average Bonchev–Trinajstić information content (AvgIpc) is 2.78. The molecule has 92 valence electrons. The van der Waals surface area contributed by atoms with Crippen LogP contribution in [0.1, 0.15) is 42.2 Å². The third kappa shape index (κ3) is 2.80. The largest absolute Gasteiger partial charge is 0.465 e. The van der Waals surface area contributed by atoms with Crippen LogP contribution in [0.15, 0.2) is 6.20 Å². The normalized spacial score (nSPS) is 24.2. The Balaban J connectivity index is 1.90. The van der Waals surface area contributed by atoms with E-state index in [0.717, 1.165) is 25.7 Å². The lowest BCUT2D eigenvalue weighted by molar-refractivity contribution is 0.111. The first-order chi connectivity index (χ1) is 8.19. The third-order valence-corrected chi connectivity index (χ3v) is 3.05. The van der Waals surface area contributed by atoms with Crippen LogP contribution in [-0.2, 0) is 0 Å². The molecule has 0 unspecified atom stereocenters. The smallest absolute Gasteiger partial charge is 0.404 e. The molecule has 1 amide bonds. The molecule has 17 heavy (non-hydrogen) atoms. The van der Waals surface area contributed by atoms with Crippen molar-refractivity contribution in [2.45, 2.75) is 37.8 Å². The fraction of sp³-hybridized carbons (Fsp3) is 0.600. The van der Waals surface area contributed by atoms with E-state index in [0.29, 0.717) is 12.0 Å². The molecule has 0 aliphatic heterocycles. The minimum atomic E-state index is -0.975. The van der Waals surface area contributed by atoms with Gasteiger partial charge < -0.3 is 10.4 Å². The highest BCUT2D eigenvalue weighted by Gasteiger charge is 2.24. The first-order valence-electron chi connectivity index (χ1n) is 5.55. The van der Waals surface area contributed by atoms with E-state index in [2.05, 4.69) is 15.6 Å². The second-order valence-corrected chi connectivity index (χ2v) is 4.20. The van der Waals surface area contributed by atoms with Gasteiger partial charge in [0.2, 0.25) is 0 Å². The summed E-state index contributed by atoms with van der Waals surface area (Å²) in [6.45, 7) is 0. The van der Waals surface area contributed by atoms with Crippen LogP contribution in [0.25, 0.3) is 0 Å². The zero-order valence-corrected chi connectivity index (χ0v) is 9.24. The molecule has 2 N–H and O–H groups in total. The van der Waals surface area contributed by atoms with Crippen molar-refractivity contribution in [3.05, 3.63) is 11.9 Å². The summed E-state index contributed by atoms with van der Waals surface area (Å²) in [7, 11) is 0. The number of amides is 1. The maximum atomic E-state index is 10.5. The Bertz CT molecular complexity index is 409. The summed E-state index contributed by atoms with van der Waals surface area (Å²) < 4.78 is 1.70. The molecule has 1 fully saturated rings. The molecular formula is C10H14N4O3. The van der Waals surface area contributed by atoms with Crippen LogP contribution in [0.5, 0.6) is 0 Å². The summed E-state index contributed by atoms with van der Waals surface area (Å²) in [5.41, 5.74) is 0.329. The molecule has 1 aliphatic rings. The first kappa shape index (κ1) is 11.6. The van der Waals surface area contributed by atoms with Crippen molar-refractivity contribution in [1.29, 1.82) is 0 Å². The lowest BCUT2D eigenvalue weighted by atomic mass is 9.91.